The normalized spacial score (nSPS) is 19.2. The molecule has 1 atom stereocenters. The smallest absolute Gasteiger partial charge is 0.414 e. The Balaban J connectivity index is 1.41. The maximum Gasteiger partial charge on any atom is 0.414 e. The van der Waals surface area contributed by atoms with Gasteiger partial charge in [0.15, 0.2) is 0 Å². The molecule has 1 aromatic heterocycles. The van der Waals surface area contributed by atoms with Crippen molar-refractivity contribution in [2.45, 2.75) is 12.6 Å². The van der Waals surface area contributed by atoms with Crippen LogP contribution < -0.4 is 9.80 Å². The third-order valence-electron chi connectivity index (χ3n) is 4.79. The Morgan fingerprint density at radius 1 is 1.33 bits per heavy atom. The second kappa shape index (κ2) is 8.67. The van der Waals surface area contributed by atoms with E-state index in [0.717, 1.165) is 9.75 Å². The van der Waals surface area contributed by atoms with E-state index in [0.29, 0.717) is 31.0 Å². The summed E-state index contributed by atoms with van der Waals surface area (Å²) in [6, 6.07) is 8.36. The lowest BCUT2D eigenvalue weighted by molar-refractivity contribution is 0.0963. The van der Waals surface area contributed by atoms with Crippen molar-refractivity contribution in [2.24, 2.45) is 10.3 Å². The summed E-state index contributed by atoms with van der Waals surface area (Å²) in [7, 11) is 0. The lowest BCUT2D eigenvalue weighted by Gasteiger charge is -2.30. The van der Waals surface area contributed by atoms with Crippen LogP contribution in [-0.4, -0.2) is 66.3 Å². The van der Waals surface area contributed by atoms with Crippen LogP contribution in [0.1, 0.15) is 9.75 Å². The molecule has 2 aliphatic heterocycles. The van der Waals surface area contributed by atoms with E-state index < -0.39 is 18.0 Å². The SMILES string of the molecule is O=C1O[C@@H](CO)CN1c1ccc(N2C=NN(Cc3ccc(/C=N/O)s3)CC2)c(F)c1. The van der Waals surface area contributed by atoms with Crippen molar-refractivity contribution in [1.29, 1.82) is 0 Å². The number of hydrazone groups is 1. The molecule has 30 heavy (non-hydrogen) atoms. The van der Waals surface area contributed by atoms with Crippen LogP contribution in [0.3, 0.4) is 0 Å². The standard InChI is InChI=1S/C19H20FN5O4S/c20-17-7-13(25-9-14(11-26)29-19(25)27)1-4-18(17)23-5-6-24(21-12-23)10-16-3-2-15(30-16)8-22-28/h1-4,7-8,12,14,26,28H,5-6,9-11H2/b22-8+/t14-/m1/s1. The Morgan fingerprint density at radius 3 is 2.87 bits per heavy atom. The van der Waals surface area contributed by atoms with Crippen molar-refractivity contribution >= 4 is 41.4 Å². The average molecular weight is 433 g/mol. The first kappa shape index (κ1) is 20.1. The third-order valence-corrected chi connectivity index (χ3v) is 5.79. The summed E-state index contributed by atoms with van der Waals surface area (Å²) in [5.41, 5.74) is 0.749. The number of aliphatic hydroxyl groups excluding tert-OH is 1. The molecule has 0 bridgehead atoms. The molecule has 2 N–H and O–H groups in total. The minimum atomic E-state index is -0.601. The van der Waals surface area contributed by atoms with Crippen LogP contribution in [0.15, 0.2) is 40.6 Å². The largest absolute Gasteiger partial charge is 0.441 e. The van der Waals surface area contributed by atoms with Crippen molar-refractivity contribution in [2.75, 3.05) is 36.0 Å². The fraction of sp³-hybridized carbons (Fsp3) is 0.316. The lowest BCUT2D eigenvalue weighted by atomic mass is 10.2. The van der Waals surface area contributed by atoms with Gasteiger partial charge in [-0.05, 0) is 30.3 Å². The number of amides is 1. The first-order valence-electron chi connectivity index (χ1n) is 9.28. The van der Waals surface area contributed by atoms with E-state index in [-0.39, 0.29) is 13.2 Å². The van der Waals surface area contributed by atoms with Crippen LogP contribution in [0.2, 0.25) is 0 Å². The summed E-state index contributed by atoms with van der Waals surface area (Å²) < 4.78 is 19.7. The maximum atomic E-state index is 14.7. The van der Waals surface area contributed by atoms with E-state index >= 15 is 0 Å². The zero-order valence-electron chi connectivity index (χ0n) is 15.9. The second-order valence-electron chi connectivity index (χ2n) is 6.80. The summed E-state index contributed by atoms with van der Waals surface area (Å²) in [5, 5.41) is 27.0. The molecule has 0 spiro atoms. The third kappa shape index (κ3) is 4.21. The average Bonchev–Trinajstić information content (AvgIpc) is 3.35. The van der Waals surface area contributed by atoms with E-state index in [9.17, 15) is 9.18 Å². The fourth-order valence-corrected chi connectivity index (χ4v) is 4.17. The van der Waals surface area contributed by atoms with Gasteiger partial charge < -0.3 is 20.0 Å². The highest BCUT2D eigenvalue weighted by molar-refractivity contribution is 7.13. The number of ether oxygens (including phenoxy) is 1. The summed E-state index contributed by atoms with van der Waals surface area (Å²) in [6.45, 7) is 1.68. The predicted octanol–water partition coefficient (Wildman–Crippen LogP) is 2.28. The number of aliphatic hydroxyl groups is 1. The number of hydrogen-bond donors (Lipinski definition) is 2. The van der Waals surface area contributed by atoms with Crippen LogP contribution >= 0.6 is 11.3 Å². The molecule has 1 amide bonds. The molecule has 11 heteroatoms. The molecule has 4 rings (SSSR count). The van der Waals surface area contributed by atoms with Gasteiger partial charge in [-0.15, -0.1) is 11.3 Å². The van der Waals surface area contributed by atoms with Gasteiger partial charge in [0.2, 0.25) is 0 Å². The Morgan fingerprint density at radius 2 is 2.20 bits per heavy atom. The van der Waals surface area contributed by atoms with Crippen molar-refractivity contribution < 1.29 is 24.2 Å². The molecule has 1 saturated heterocycles. The highest BCUT2D eigenvalue weighted by atomic mass is 32.1. The molecule has 158 valence electrons. The predicted molar refractivity (Wildman–Crippen MR) is 111 cm³/mol. The molecule has 0 aliphatic carbocycles. The number of carbonyl (C=O) groups is 1. The van der Waals surface area contributed by atoms with E-state index in [1.807, 2.05) is 17.1 Å². The summed E-state index contributed by atoms with van der Waals surface area (Å²) in [4.78, 5) is 16.8. The molecule has 1 fully saturated rings. The number of thiophene rings is 1. The number of carbonyl (C=O) groups excluding carboxylic acids is 1. The summed E-state index contributed by atoms with van der Waals surface area (Å²) in [6.07, 6.45) is 1.76. The number of cyclic esters (lactones) is 1. The molecule has 0 saturated carbocycles. The molecule has 0 radical (unpaired) electrons. The van der Waals surface area contributed by atoms with Crippen LogP contribution in [-0.2, 0) is 11.3 Å². The Kier molecular flexibility index (Phi) is 5.81. The lowest BCUT2D eigenvalue weighted by Crippen LogP contribution is -2.37. The number of halogens is 1. The minimum absolute atomic E-state index is 0.183. The molecule has 2 aliphatic rings. The molecule has 9 nitrogen and oxygen atoms in total. The van der Waals surface area contributed by atoms with Crippen LogP contribution in [0.25, 0.3) is 0 Å². The van der Waals surface area contributed by atoms with Gasteiger partial charge in [-0.1, -0.05) is 5.16 Å². The van der Waals surface area contributed by atoms with E-state index in [1.165, 1.54) is 28.5 Å². The highest BCUT2D eigenvalue weighted by Crippen LogP contribution is 2.28. The summed E-state index contributed by atoms with van der Waals surface area (Å²) in [5.74, 6) is -0.473. The molecule has 1 aromatic carbocycles. The van der Waals surface area contributed by atoms with Gasteiger partial charge in [0, 0.05) is 16.3 Å². The molecular formula is C19H20FN5O4S. The van der Waals surface area contributed by atoms with Crippen LogP contribution in [0.5, 0.6) is 0 Å². The highest BCUT2D eigenvalue weighted by Gasteiger charge is 2.32. The first-order chi connectivity index (χ1) is 14.6. The van der Waals surface area contributed by atoms with Gasteiger partial charge in [-0.25, -0.2) is 9.18 Å². The van der Waals surface area contributed by atoms with E-state index in [1.54, 1.807) is 23.4 Å². The van der Waals surface area contributed by atoms with Crippen LogP contribution in [0, 0.1) is 5.82 Å². The summed E-state index contributed by atoms with van der Waals surface area (Å²) >= 11 is 1.51. The van der Waals surface area contributed by atoms with Crippen molar-refractivity contribution in [3.63, 3.8) is 0 Å². The topological polar surface area (TPSA) is 101 Å². The second-order valence-corrected chi connectivity index (χ2v) is 8.00. The van der Waals surface area contributed by atoms with Crippen molar-refractivity contribution in [1.82, 2.24) is 5.01 Å². The van der Waals surface area contributed by atoms with Gasteiger partial charge in [0.1, 0.15) is 18.3 Å². The number of oxime groups is 1. The monoisotopic (exact) mass is 433 g/mol. The Labute approximate surface area is 175 Å². The zero-order chi connectivity index (χ0) is 21.1. The molecule has 2 aromatic rings. The Hall–Kier alpha value is -3.18. The number of anilines is 2. The van der Waals surface area contributed by atoms with Crippen LogP contribution in [0.4, 0.5) is 20.6 Å². The fourth-order valence-electron chi connectivity index (χ4n) is 3.29. The van der Waals surface area contributed by atoms with E-state index in [2.05, 4.69) is 10.3 Å². The Bertz CT molecular complexity index is 982. The van der Waals surface area contributed by atoms with E-state index in [4.69, 9.17) is 15.1 Å². The number of hydrogen-bond acceptors (Lipinski definition) is 9. The maximum absolute atomic E-state index is 14.7. The molecule has 0 unspecified atom stereocenters. The van der Waals surface area contributed by atoms with Gasteiger partial charge in [0.05, 0.1) is 43.8 Å². The molecule has 3 heterocycles. The zero-order valence-corrected chi connectivity index (χ0v) is 16.7. The minimum Gasteiger partial charge on any atom is -0.441 e. The van der Waals surface area contributed by atoms with Gasteiger partial charge in [-0.2, -0.15) is 5.10 Å². The van der Waals surface area contributed by atoms with Gasteiger partial charge >= 0.3 is 6.09 Å². The van der Waals surface area contributed by atoms with Crippen molar-refractivity contribution in [3.05, 3.63) is 45.9 Å². The number of rotatable bonds is 6. The first-order valence-corrected chi connectivity index (χ1v) is 10.1. The van der Waals surface area contributed by atoms with Gasteiger partial charge in [-0.3, -0.25) is 9.91 Å². The number of benzene rings is 1. The van der Waals surface area contributed by atoms with Gasteiger partial charge in [0.25, 0.3) is 0 Å². The van der Waals surface area contributed by atoms with Crippen molar-refractivity contribution in [3.8, 4) is 0 Å². The number of nitrogens with zero attached hydrogens (tertiary/aromatic N) is 5. The molecular weight excluding hydrogens is 413 g/mol. The quantitative estimate of drug-likeness (QED) is 0.412.